The van der Waals surface area contributed by atoms with Crippen molar-refractivity contribution in [1.82, 2.24) is 18.7 Å². The first-order valence-electron chi connectivity index (χ1n) is 7.71. The second-order valence-electron chi connectivity index (χ2n) is 5.80. The number of sulfone groups is 1. The number of aromatic nitrogens is 4. The van der Waals surface area contributed by atoms with Crippen LogP contribution in [-0.4, -0.2) is 32.9 Å². The minimum Gasteiger partial charge on any atom is -0.325 e. The summed E-state index contributed by atoms with van der Waals surface area (Å²) in [6, 6.07) is 8.25. The highest BCUT2D eigenvalue weighted by molar-refractivity contribution is 7.91. The molecule has 1 aromatic carbocycles. The third-order valence-corrected chi connectivity index (χ3v) is 5.95. The van der Waals surface area contributed by atoms with Crippen molar-refractivity contribution in [2.75, 3.05) is 5.75 Å². The summed E-state index contributed by atoms with van der Waals surface area (Å²) in [6.07, 6.45) is 1.79. The highest BCUT2D eigenvalue weighted by Crippen LogP contribution is 2.12. The summed E-state index contributed by atoms with van der Waals surface area (Å²) in [6.45, 7) is 0.315. The summed E-state index contributed by atoms with van der Waals surface area (Å²) in [4.78, 5) is 28.6. The predicted octanol–water partition coefficient (Wildman–Crippen LogP) is 0.298. The van der Waals surface area contributed by atoms with E-state index in [0.29, 0.717) is 24.1 Å². The number of benzene rings is 1. The number of rotatable bonds is 5. The van der Waals surface area contributed by atoms with E-state index in [1.54, 1.807) is 41.9 Å². The average Bonchev–Trinajstić information content (AvgIpc) is 3.03. The Morgan fingerprint density at radius 3 is 2.40 bits per heavy atom. The summed E-state index contributed by atoms with van der Waals surface area (Å²) < 4.78 is 28.5. The van der Waals surface area contributed by atoms with Gasteiger partial charge >= 0.3 is 5.69 Å². The Labute approximate surface area is 143 Å². The maximum Gasteiger partial charge on any atom is 0.332 e. The number of imidazole rings is 1. The lowest BCUT2D eigenvalue weighted by Gasteiger charge is -2.07. The fourth-order valence-electron chi connectivity index (χ4n) is 2.74. The monoisotopic (exact) mass is 362 g/mol. The summed E-state index contributed by atoms with van der Waals surface area (Å²) >= 11 is 0. The smallest absolute Gasteiger partial charge is 0.325 e. The number of hydrogen-bond donors (Lipinski definition) is 0. The van der Waals surface area contributed by atoms with E-state index in [2.05, 4.69) is 4.98 Å². The maximum atomic E-state index is 12.3. The molecule has 2 aromatic heterocycles. The van der Waals surface area contributed by atoms with Crippen LogP contribution < -0.4 is 11.2 Å². The third-order valence-electron chi connectivity index (χ3n) is 4.13. The van der Waals surface area contributed by atoms with Gasteiger partial charge in [0.05, 0.1) is 17.0 Å². The molecule has 0 saturated heterocycles. The SMILES string of the molecule is Cn1c(=O)c2c(ncn2CCCS(=O)(=O)c2ccccc2)n(C)c1=O. The maximum absolute atomic E-state index is 12.3. The van der Waals surface area contributed by atoms with E-state index in [4.69, 9.17) is 0 Å². The molecule has 0 aliphatic rings. The van der Waals surface area contributed by atoms with Gasteiger partial charge in [0.1, 0.15) is 0 Å². The molecule has 132 valence electrons. The standard InChI is InChI=1S/C16H18N4O4S/c1-18-14-13(15(21)19(2)16(18)22)20(11-17-14)9-6-10-25(23,24)12-7-4-3-5-8-12/h3-5,7-8,11H,6,9-10H2,1-2H3. The number of nitrogens with zero attached hydrogens (tertiary/aromatic N) is 4. The molecule has 0 spiro atoms. The van der Waals surface area contributed by atoms with Gasteiger partial charge in [0.25, 0.3) is 5.56 Å². The highest BCUT2D eigenvalue weighted by atomic mass is 32.2. The van der Waals surface area contributed by atoms with Crippen molar-refractivity contribution >= 4 is 21.0 Å². The zero-order valence-corrected chi connectivity index (χ0v) is 14.7. The Bertz CT molecular complexity index is 1140. The normalized spacial score (nSPS) is 11.9. The van der Waals surface area contributed by atoms with E-state index in [0.717, 1.165) is 4.57 Å². The van der Waals surface area contributed by atoms with Crippen LogP contribution in [0, 0.1) is 0 Å². The number of aryl methyl sites for hydroxylation is 2. The summed E-state index contributed by atoms with van der Waals surface area (Å²) in [5.74, 6) is -0.0389. The fraction of sp³-hybridized carbons (Fsp3) is 0.312. The van der Waals surface area contributed by atoms with E-state index in [1.807, 2.05) is 0 Å². The fourth-order valence-corrected chi connectivity index (χ4v) is 4.05. The van der Waals surface area contributed by atoms with E-state index in [1.165, 1.54) is 17.9 Å². The van der Waals surface area contributed by atoms with Gasteiger partial charge in [0.15, 0.2) is 21.0 Å². The van der Waals surface area contributed by atoms with Gasteiger partial charge in [0.2, 0.25) is 0 Å². The second kappa shape index (κ2) is 6.32. The molecule has 0 fully saturated rings. The molecule has 0 saturated carbocycles. The van der Waals surface area contributed by atoms with Crippen LogP contribution in [0.25, 0.3) is 11.2 Å². The summed E-state index contributed by atoms with van der Waals surface area (Å²) in [5, 5.41) is 0. The van der Waals surface area contributed by atoms with Gasteiger partial charge in [-0.1, -0.05) is 18.2 Å². The van der Waals surface area contributed by atoms with Crippen LogP contribution in [-0.2, 0) is 30.5 Å². The molecule has 0 aliphatic heterocycles. The summed E-state index contributed by atoms with van der Waals surface area (Å²) in [5.41, 5.74) is -0.309. The minimum absolute atomic E-state index is 0.0389. The third kappa shape index (κ3) is 3.02. The van der Waals surface area contributed by atoms with Crippen LogP contribution in [0.4, 0.5) is 0 Å². The van der Waals surface area contributed by atoms with Crippen molar-refractivity contribution in [2.45, 2.75) is 17.9 Å². The van der Waals surface area contributed by atoms with Gasteiger partial charge in [-0.2, -0.15) is 0 Å². The number of hydrogen-bond acceptors (Lipinski definition) is 5. The zero-order chi connectivity index (χ0) is 18.2. The topological polar surface area (TPSA) is 96.0 Å². The van der Waals surface area contributed by atoms with Crippen LogP contribution in [0.15, 0.2) is 51.1 Å². The molecule has 0 atom stereocenters. The lowest BCUT2D eigenvalue weighted by Crippen LogP contribution is -2.37. The Morgan fingerprint density at radius 1 is 1.04 bits per heavy atom. The predicted molar refractivity (Wildman–Crippen MR) is 93.3 cm³/mol. The van der Waals surface area contributed by atoms with E-state index >= 15 is 0 Å². The quantitative estimate of drug-likeness (QED) is 0.650. The second-order valence-corrected chi connectivity index (χ2v) is 7.91. The van der Waals surface area contributed by atoms with Gasteiger partial charge in [-0.3, -0.25) is 13.9 Å². The van der Waals surface area contributed by atoms with Gasteiger partial charge in [-0.05, 0) is 18.6 Å². The van der Waals surface area contributed by atoms with E-state index < -0.39 is 21.1 Å². The lowest BCUT2D eigenvalue weighted by molar-refractivity contribution is 0.587. The molecular weight excluding hydrogens is 344 g/mol. The largest absolute Gasteiger partial charge is 0.332 e. The van der Waals surface area contributed by atoms with Crippen molar-refractivity contribution in [1.29, 1.82) is 0 Å². The number of fused-ring (bicyclic) bond motifs is 1. The van der Waals surface area contributed by atoms with Crippen LogP contribution in [0.1, 0.15) is 6.42 Å². The van der Waals surface area contributed by atoms with Crippen molar-refractivity contribution in [3.63, 3.8) is 0 Å². The molecule has 0 N–H and O–H groups in total. The Hall–Kier alpha value is -2.68. The molecular formula is C16H18N4O4S. The molecule has 0 aliphatic carbocycles. The van der Waals surface area contributed by atoms with Gasteiger partial charge in [-0.25, -0.2) is 18.2 Å². The van der Waals surface area contributed by atoms with Crippen molar-refractivity contribution in [2.24, 2.45) is 14.1 Å². The first kappa shape index (κ1) is 17.2. The van der Waals surface area contributed by atoms with Gasteiger partial charge < -0.3 is 4.57 Å². The van der Waals surface area contributed by atoms with Gasteiger partial charge in [-0.15, -0.1) is 0 Å². The average molecular weight is 362 g/mol. The molecule has 9 heteroatoms. The molecule has 0 radical (unpaired) electrons. The lowest BCUT2D eigenvalue weighted by atomic mass is 10.4. The molecule has 0 unspecified atom stereocenters. The van der Waals surface area contributed by atoms with Crippen LogP contribution in [0.2, 0.25) is 0 Å². The molecule has 3 rings (SSSR count). The Morgan fingerprint density at radius 2 is 1.72 bits per heavy atom. The molecule has 0 bridgehead atoms. The van der Waals surface area contributed by atoms with Crippen LogP contribution in [0.3, 0.4) is 0 Å². The van der Waals surface area contributed by atoms with E-state index in [9.17, 15) is 18.0 Å². The molecule has 0 amide bonds. The molecule has 25 heavy (non-hydrogen) atoms. The van der Waals surface area contributed by atoms with Gasteiger partial charge in [0, 0.05) is 20.6 Å². The molecule has 3 aromatic rings. The first-order chi connectivity index (χ1) is 11.8. The Kier molecular flexibility index (Phi) is 4.34. The van der Waals surface area contributed by atoms with E-state index in [-0.39, 0.29) is 10.6 Å². The highest BCUT2D eigenvalue weighted by Gasteiger charge is 2.16. The first-order valence-corrected chi connectivity index (χ1v) is 9.37. The summed E-state index contributed by atoms with van der Waals surface area (Å²) in [7, 11) is -0.425. The Balaban J connectivity index is 1.86. The zero-order valence-electron chi connectivity index (χ0n) is 13.9. The molecule has 2 heterocycles. The van der Waals surface area contributed by atoms with Crippen LogP contribution >= 0.6 is 0 Å². The van der Waals surface area contributed by atoms with Crippen molar-refractivity contribution in [3.05, 3.63) is 57.5 Å². The minimum atomic E-state index is -3.37. The van der Waals surface area contributed by atoms with Crippen molar-refractivity contribution < 1.29 is 8.42 Å². The molecule has 8 nitrogen and oxygen atoms in total. The van der Waals surface area contributed by atoms with Crippen molar-refractivity contribution in [3.8, 4) is 0 Å². The van der Waals surface area contributed by atoms with Crippen LogP contribution in [0.5, 0.6) is 0 Å².